The number of hydrogen-bond donors (Lipinski definition) is 1. The molecule has 0 aliphatic carbocycles. The van der Waals surface area contributed by atoms with E-state index < -0.39 is 0 Å². The van der Waals surface area contributed by atoms with Crippen LogP contribution in [0.2, 0.25) is 10.3 Å². The van der Waals surface area contributed by atoms with Crippen molar-refractivity contribution in [2.45, 2.75) is 39.2 Å². The van der Waals surface area contributed by atoms with Crippen molar-refractivity contribution >= 4 is 45.7 Å². The maximum Gasteiger partial charge on any atom is 0.258 e. The summed E-state index contributed by atoms with van der Waals surface area (Å²) in [4.78, 5) is 25.4. The van der Waals surface area contributed by atoms with Gasteiger partial charge in [0.1, 0.15) is 10.3 Å². The van der Waals surface area contributed by atoms with Crippen LogP contribution < -0.4 is 4.90 Å². The van der Waals surface area contributed by atoms with Crippen LogP contribution in [0, 0.1) is 6.92 Å². The molecule has 158 valence electrons. The zero-order chi connectivity index (χ0) is 21.3. The Morgan fingerprint density at radius 2 is 1.87 bits per heavy atom. The maximum atomic E-state index is 13.7. The van der Waals surface area contributed by atoms with Crippen LogP contribution in [0.1, 0.15) is 42.2 Å². The summed E-state index contributed by atoms with van der Waals surface area (Å²) in [5.74, 6) is -0.0956. The quantitative estimate of drug-likeness (QED) is 0.513. The van der Waals surface area contributed by atoms with Gasteiger partial charge in [0.15, 0.2) is 0 Å². The molecule has 1 aliphatic rings. The summed E-state index contributed by atoms with van der Waals surface area (Å²) >= 11 is 12.2. The number of nitrogens with one attached hydrogen (secondary N) is 1. The lowest BCUT2D eigenvalue weighted by Gasteiger charge is -2.38. The number of amides is 1. The van der Waals surface area contributed by atoms with Crippen LogP contribution in [0.15, 0.2) is 36.4 Å². The van der Waals surface area contributed by atoms with E-state index in [-0.39, 0.29) is 22.3 Å². The van der Waals surface area contributed by atoms with Crippen molar-refractivity contribution in [2.75, 3.05) is 24.5 Å². The Kier molecular flexibility index (Phi) is 6.32. The van der Waals surface area contributed by atoms with Crippen molar-refractivity contribution in [1.82, 2.24) is 14.9 Å². The Balaban J connectivity index is 1.71. The SMILES string of the molecule is CCCN1CCC(N(C(=O)c2cc(Cl)nc(Cl)c2)c2ccc3[nH]c(C)cc3c2)CC1. The highest BCUT2D eigenvalue weighted by Gasteiger charge is 2.30. The number of piperidine rings is 1. The number of likely N-dealkylation sites (tertiary alicyclic amines) is 1. The third-order valence-electron chi connectivity index (χ3n) is 5.71. The lowest BCUT2D eigenvalue weighted by atomic mass is 10.0. The van der Waals surface area contributed by atoms with Gasteiger partial charge in [-0.2, -0.15) is 0 Å². The third kappa shape index (κ3) is 4.48. The third-order valence-corrected chi connectivity index (χ3v) is 6.10. The van der Waals surface area contributed by atoms with E-state index >= 15 is 0 Å². The van der Waals surface area contributed by atoms with Crippen LogP contribution in [0.25, 0.3) is 10.9 Å². The van der Waals surface area contributed by atoms with Crippen molar-refractivity contribution in [3.8, 4) is 0 Å². The second-order valence-corrected chi connectivity index (χ2v) is 8.75. The highest BCUT2D eigenvalue weighted by atomic mass is 35.5. The molecule has 0 atom stereocenters. The number of aromatic amines is 1. The number of carbonyl (C=O) groups excluding carboxylic acids is 1. The van der Waals surface area contributed by atoms with Crippen LogP contribution >= 0.6 is 23.2 Å². The van der Waals surface area contributed by atoms with Crippen molar-refractivity contribution in [1.29, 1.82) is 0 Å². The van der Waals surface area contributed by atoms with E-state index in [0.29, 0.717) is 5.56 Å². The summed E-state index contributed by atoms with van der Waals surface area (Å²) in [5.41, 5.74) is 3.52. The molecule has 1 amide bonds. The predicted molar refractivity (Wildman–Crippen MR) is 124 cm³/mol. The number of nitrogens with zero attached hydrogens (tertiary/aromatic N) is 3. The first kappa shape index (κ1) is 21.2. The highest BCUT2D eigenvalue weighted by molar-refractivity contribution is 6.33. The number of halogens is 2. The molecular weight excluding hydrogens is 419 g/mol. The molecule has 7 heteroatoms. The Bertz CT molecular complexity index is 1040. The number of anilines is 1. The Morgan fingerprint density at radius 3 is 2.53 bits per heavy atom. The van der Waals surface area contributed by atoms with Crippen LogP contribution in [0.3, 0.4) is 0 Å². The van der Waals surface area contributed by atoms with Gasteiger partial charge in [-0.1, -0.05) is 30.1 Å². The van der Waals surface area contributed by atoms with Gasteiger partial charge in [0, 0.05) is 47.0 Å². The molecule has 0 spiro atoms. The molecule has 0 unspecified atom stereocenters. The lowest BCUT2D eigenvalue weighted by Crippen LogP contribution is -2.47. The zero-order valence-electron chi connectivity index (χ0n) is 17.3. The number of aromatic nitrogens is 2. The molecule has 3 aromatic rings. The number of rotatable bonds is 5. The van der Waals surface area contributed by atoms with E-state index in [0.717, 1.165) is 61.2 Å². The molecule has 5 nitrogen and oxygen atoms in total. The summed E-state index contributed by atoms with van der Waals surface area (Å²) < 4.78 is 0. The van der Waals surface area contributed by atoms with E-state index in [9.17, 15) is 4.79 Å². The first-order valence-corrected chi connectivity index (χ1v) is 11.2. The smallest absolute Gasteiger partial charge is 0.258 e. The summed E-state index contributed by atoms with van der Waals surface area (Å²) in [6, 6.07) is 11.5. The molecule has 30 heavy (non-hydrogen) atoms. The van der Waals surface area contributed by atoms with Crippen LogP contribution in [0.4, 0.5) is 5.69 Å². The Hall–Kier alpha value is -2.08. The molecule has 2 aromatic heterocycles. The minimum atomic E-state index is -0.0956. The van der Waals surface area contributed by atoms with Crippen LogP contribution in [-0.4, -0.2) is 46.5 Å². The number of hydrogen-bond acceptors (Lipinski definition) is 3. The molecule has 0 radical (unpaired) electrons. The second-order valence-electron chi connectivity index (χ2n) is 7.97. The standard InChI is InChI=1S/C23H26Cl2N4O/c1-3-8-28-9-6-18(7-10-28)29(23(30)17-13-21(24)27-22(25)14-17)19-4-5-20-16(12-19)11-15(2)26-20/h4-5,11-14,18,26H,3,6-10H2,1-2H3. The highest BCUT2D eigenvalue weighted by Crippen LogP contribution is 2.30. The molecule has 0 bridgehead atoms. The fraction of sp³-hybridized carbons (Fsp3) is 0.391. The molecule has 3 heterocycles. The summed E-state index contributed by atoms with van der Waals surface area (Å²) in [6.45, 7) is 7.32. The van der Waals surface area contributed by atoms with Crippen LogP contribution in [0.5, 0.6) is 0 Å². The van der Waals surface area contributed by atoms with Gasteiger partial charge >= 0.3 is 0 Å². The molecule has 1 aliphatic heterocycles. The average molecular weight is 445 g/mol. The molecular formula is C23H26Cl2N4O. The first-order chi connectivity index (χ1) is 14.4. The summed E-state index contributed by atoms with van der Waals surface area (Å²) in [5, 5.41) is 1.54. The monoisotopic (exact) mass is 444 g/mol. The van der Waals surface area contributed by atoms with Gasteiger partial charge in [0.2, 0.25) is 0 Å². The van der Waals surface area contributed by atoms with E-state index in [1.165, 1.54) is 0 Å². The van der Waals surface area contributed by atoms with E-state index in [1.807, 2.05) is 24.0 Å². The number of benzene rings is 1. The minimum Gasteiger partial charge on any atom is -0.359 e. The fourth-order valence-electron chi connectivity index (χ4n) is 4.35. The minimum absolute atomic E-state index is 0.0956. The first-order valence-electron chi connectivity index (χ1n) is 10.4. The van der Waals surface area contributed by atoms with Crippen LogP contribution in [-0.2, 0) is 0 Å². The topological polar surface area (TPSA) is 52.2 Å². The number of fused-ring (bicyclic) bond motifs is 1. The second kappa shape index (κ2) is 8.96. The Morgan fingerprint density at radius 1 is 1.17 bits per heavy atom. The van der Waals surface area contributed by atoms with E-state index in [1.54, 1.807) is 12.1 Å². The average Bonchev–Trinajstić information content (AvgIpc) is 3.08. The molecule has 1 saturated heterocycles. The van der Waals surface area contributed by atoms with Gasteiger partial charge in [0.25, 0.3) is 5.91 Å². The van der Waals surface area contributed by atoms with Crippen molar-refractivity contribution < 1.29 is 4.79 Å². The van der Waals surface area contributed by atoms with Gasteiger partial charge in [-0.15, -0.1) is 0 Å². The molecule has 1 N–H and O–H groups in total. The lowest BCUT2D eigenvalue weighted by molar-refractivity contribution is 0.0960. The fourth-order valence-corrected chi connectivity index (χ4v) is 4.81. The van der Waals surface area contributed by atoms with Gasteiger partial charge in [-0.3, -0.25) is 4.79 Å². The molecule has 0 saturated carbocycles. The van der Waals surface area contributed by atoms with E-state index in [2.05, 4.69) is 33.9 Å². The Labute approximate surface area is 187 Å². The number of carbonyl (C=O) groups is 1. The van der Waals surface area contributed by atoms with Gasteiger partial charge in [-0.05, 0) is 69.1 Å². The number of pyridine rings is 1. The van der Waals surface area contributed by atoms with Gasteiger partial charge < -0.3 is 14.8 Å². The largest absolute Gasteiger partial charge is 0.359 e. The van der Waals surface area contributed by atoms with E-state index in [4.69, 9.17) is 23.2 Å². The normalized spacial score (nSPS) is 15.6. The molecule has 1 aromatic carbocycles. The predicted octanol–water partition coefficient (Wildman–Crippen LogP) is 5.70. The molecule has 4 rings (SSSR count). The van der Waals surface area contributed by atoms with Gasteiger partial charge in [0.05, 0.1) is 0 Å². The van der Waals surface area contributed by atoms with Gasteiger partial charge in [-0.25, -0.2) is 4.98 Å². The van der Waals surface area contributed by atoms with Crippen molar-refractivity contribution in [2.24, 2.45) is 0 Å². The van der Waals surface area contributed by atoms with Crippen molar-refractivity contribution in [3.63, 3.8) is 0 Å². The van der Waals surface area contributed by atoms with Crippen molar-refractivity contribution in [3.05, 3.63) is 58.0 Å². The number of aryl methyl sites for hydroxylation is 1. The maximum absolute atomic E-state index is 13.7. The summed E-state index contributed by atoms with van der Waals surface area (Å²) in [7, 11) is 0. The zero-order valence-corrected chi connectivity index (χ0v) is 18.8. The summed E-state index contributed by atoms with van der Waals surface area (Å²) in [6.07, 6.45) is 3.01. The number of H-pyrrole nitrogens is 1. The molecule has 1 fully saturated rings.